The van der Waals surface area contributed by atoms with Crippen LogP contribution in [0.1, 0.15) is 106 Å². The minimum absolute atomic E-state index is 0.0267. The summed E-state index contributed by atoms with van der Waals surface area (Å²) in [5, 5.41) is 14.6. The predicted octanol–water partition coefficient (Wildman–Crippen LogP) is 11.4. The molecule has 0 saturated heterocycles. The molecule has 0 spiro atoms. The number of urea groups is 1. The summed E-state index contributed by atoms with van der Waals surface area (Å²) in [4.78, 5) is 27.7. The summed E-state index contributed by atoms with van der Waals surface area (Å²) in [5.41, 5.74) is 5.56. The van der Waals surface area contributed by atoms with Crippen molar-refractivity contribution in [3.8, 4) is 0 Å². The van der Waals surface area contributed by atoms with Gasteiger partial charge < -0.3 is 19.9 Å². The number of benzene rings is 1. The van der Waals surface area contributed by atoms with Gasteiger partial charge in [0, 0.05) is 37.4 Å². The number of allylic oxidation sites excluding steroid dienone is 6. The van der Waals surface area contributed by atoms with Gasteiger partial charge in [0.2, 0.25) is 0 Å². The van der Waals surface area contributed by atoms with Crippen molar-refractivity contribution < 1.29 is 14.7 Å². The van der Waals surface area contributed by atoms with Gasteiger partial charge in [0.1, 0.15) is 0 Å². The third-order valence-corrected chi connectivity index (χ3v) is 17.1. The number of nitrogens with zero attached hydrogens (tertiary/aromatic N) is 2. The molecule has 0 unspecified atom stereocenters. The Morgan fingerprint density at radius 2 is 1.69 bits per heavy atom. The minimum atomic E-state index is -0.946. The van der Waals surface area contributed by atoms with Gasteiger partial charge in [-0.05, 0) is 158 Å². The number of carbonyl (C=O) groups is 2. The summed E-state index contributed by atoms with van der Waals surface area (Å²) in [6, 6.07) is 10.7. The summed E-state index contributed by atoms with van der Waals surface area (Å²) in [5.74, 6) is 1.58. The molecule has 2 N–H and O–H groups in total. The van der Waals surface area contributed by atoms with Crippen LogP contribution in [0.5, 0.6) is 0 Å². The van der Waals surface area contributed by atoms with Crippen LogP contribution >= 0.6 is 0 Å². The summed E-state index contributed by atoms with van der Waals surface area (Å²) >= 11 is 0. The number of aliphatic carboxylic acids is 1. The number of hydrogen-bond acceptors (Lipinski definition) is 2. The zero-order valence-electron chi connectivity index (χ0n) is 35.0. The Labute approximate surface area is 330 Å². The zero-order valence-corrected chi connectivity index (χ0v) is 35.0. The van der Waals surface area contributed by atoms with E-state index in [4.69, 9.17) is 0 Å². The van der Waals surface area contributed by atoms with E-state index in [1.54, 1.807) is 6.08 Å². The number of rotatable bonds is 9. The van der Waals surface area contributed by atoms with E-state index < -0.39 is 5.97 Å². The topological polar surface area (TPSA) is 74.6 Å². The van der Waals surface area contributed by atoms with Gasteiger partial charge in [0.05, 0.1) is 5.57 Å². The largest absolute Gasteiger partial charge is 0.478 e. The summed E-state index contributed by atoms with van der Waals surface area (Å²) in [6.07, 6.45) is 20.0. The fourth-order valence-corrected chi connectivity index (χ4v) is 14.2. The average Bonchev–Trinajstić information content (AvgIpc) is 3.72. The maximum Gasteiger partial charge on any atom is 0.335 e. The van der Waals surface area contributed by atoms with Crippen molar-refractivity contribution in [1.29, 1.82) is 0 Å². The third kappa shape index (κ3) is 6.11. The molecule has 1 aromatic heterocycles. The Bertz CT molecular complexity index is 1980. The van der Waals surface area contributed by atoms with Crippen molar-refractivity contribution in [3.63, 3.8) is 0 Å². The average molecular weight is 746 g/mol. The fourth-order valence-electron chi connectivity index (χ4n) is 14.2. The van der Waals surface area contributed by atoms with Crippen LogP contribution in [-0.2, 0) is 11.3 Å². The van der Waals surface area contributed by atoms with Gasteiger partial charge in [-0.15, -0.1) is 0 Å². The molecule has 0 radical (unpaired) electrons. The molecule has 55 heavy (non-hydrogen) atoms. The van der Waals surface area contributed by atoms with E-state index >= 15 is 0 Å². The molecule has 9 atom stereocenters. The highest BCUT2D eigenvalue weighted by Crippen LogP contribution is 2.76. The molecule has 7 rings (SSSR count). The second-order valence-corrected chi connectivity index (χ2v) is 19.8. The van der Waals surface area contributed by atoms with Crippen LogP contribution in [0.4, 0.5) is 4.79 Å². The maximum absolute atomic E-state index is 14.2. The normalized spacial score (nSPS) is 36.8. The third-order valence-electron chi connectivity index (χ3n) is 17.1. The SMILES string of the molecule is C=C/C(=C\C=C(/C)C1=CC[C@]2(C)[C@H]3CC[C@@H]4[C@H]5[C@H](C(=C)C)CC[C@]5(NC(=O)N(C)CCn5ccc6ccccc65)CC[C@@]4(C)[C@]3(C)CC[C@H]2C1(C)C)C(=O)O. The first kappa shape index (κ1) is 39.4. The van der Waals surface area contributed by atoms with Gasteiger partial charge in [-0.2, -0.15) is 0 Å². The van der Waals surface area contributed by atoms with Gasteiger partial charge in [-0.1, -0.05) is 89.8 Å². The van der Waals surface area contributed by atoms with Crippen LogP contribution in [-0.4, -0.2) is 45.7 Å². The van der Waals surface area contributed by atoms with E-state index in [-0.39, 0.29) is 38.8 Å². The molecule has 4 fully saturated rings. The molecule has 296 valence electrons. The molecular formula is C49H67N3O3. The first-order chi connectivity index (χ1) is 25.9. The molecule has 5 aliphatic rings. The van der Waals surface area contributed by atoms with Crippen LogP contribution in [0.25, 0.3) is 10.9 Å². The molecule has 5 aliphatic carbocycles. The number of hydrogen-bond donors (Lipinski definition) is 2. The van der Waals surface area contributed by atoms with E-state index in [9.17, 15) is 14.7 Å². The Balaban J connectivity index is 1.14. The molecule has 4 saturated carbocycles. The molecule has 2 aromatic rings. The summed E-state index contributed by atoms with van der Waals surface area (Å²) in [6.45, 7) is 26.9. The van der Waals surface area contributed by atoms with Gasteiger partial charge >= 0.3 is 12.0 Å². The van der Waals surface area contributed by atoms with E-state index in [0.717, 1.165) is 44.2 Å². The quantitative estimate of drug-likeness (QED) is 0.152. The van der Waals surface area contributed by atoms with E-state index in [1.165, 1.54) is 53.8 Å². The number of para-hydroxylation sites is 1. The Kier molecular flexibility index (Phi) is 10.0. The lowest BCUT2D eigenvalue weighted by Gasteiger charge is -2.72. The number of carboxylic acids is 1. The van der Waals surface area contributed by atoms with E-state index in [1.807, 2.05) is 18.0 Å². The summed E-state index contributed by atoms with van der Waals surface area (Å²) in [7, 11) is 1.96. The highest BCUT2D eigenvalue weighted by Gasteiger charge is 2.70. The van der Waals surface area contributed by atoms with Crippen molar-refractivity contribution >= 4 is 22.9 Å². The van der Waals surface area contributed by atoms with Crippen molar-refractivity contribution in [1.82, 2.24) is 14.8 Å². The summed E-state index contributed by atoms with van der Waals surface area (Å²) < 4.78 is 2.26. The van der Waals surface area contributed by atoms with Crippen LogP contribution in [0, 0.1) is 51.2 Å². The zero-order chi connectivity index (χ0) is 39.7. The predicted molar refractivity (Wildman–Crippen MR) is 226 cm³/mol. The molecule has 6 heteroatoms. The molecule has 0 bridgehead atoms. The number of amides is 2. The van der Waals surface area contributed by atoms with Crippen molar-refractivity contribution in [2.75, 3.05) is 13.6 Å². The lowest BCUT2D eigenvalue weighted by molar-refractivity contribution is -0.220. The van der Waals surface area contributed by atoms with Crippen molar-refractivity contribution in [3.05, 3.63) is 96.3 Å². The van der Waals surface area contributed by atoms with Gasteiger partial charge in [-0.25, -0.2) is 9.59 Å². The van der Waals surface area contributed by atoms with Crippen LogP contribution in [0.15, 0.2) is 96.3 Å². The fraction of sp³-hybridized carbons (Fsp3) is 0.592. The van der Waals surface area contributed by atoms with Crippen LogP contribution in [0.2, 0.25) is 0 Å². The lowest BCUT2D eigenvalue weighted by Crippen LogP contribution is -2.68. The standard InChI is InChI=1S/C49H67N3O3/c1-11-34(43(53)54)17-16-33(4)37-21-24-46(7)40(45(37,5)6)22-25-48(9)41(46)19-18-38-42-36(32(2)3)20-26-49(42,28-27-47(38,48)8)50-44(55)51(10)30-31-52-29-23-35-14-12-13-15-39(35)52/h11-17,21,23,29,36,38,40-42H,1-2,18-20,22,24-28,30-31H2,3-10H3,(H,50,55)(H,53,54)/b33-16+,34-17+/t36-,38+,40-,41+,42+,46-,47+,48+,49-/m0/s1. The number of fused-ring (bicyclic) bond motifs is 8. The second-order valence-electron chi connectivity index (χ2n) is 19.8. The number of likely N-dealkylation sites (N-methyl/N-ethyl adjacent to an activating group) is 1. The lowest BCUT2D eigenvalue weighted by atomic mass is 9.33. The van der Waals surface area contributed by atoms with Gasteiger partial charge in [0.25, 0.3) is 0 Å². The molecule has 2 amide bonds. The highest BCUT2D eigenvalue weighted by molar-refractivity contribution is 5.90. The van der Waals surface area contributed by atoms with Crippen LogP contribution < -0.4 is 5.32 Å². The molecular weight excluding hydrogens is 679 g/mol. The van der Waals surface area contributed by atoms with Crippen LogP contribution in [0.3, 0.4) is 0 Å². The number of aromatic nitrogens is 1. The Morgan fingerprint density at radius 3 is 2.40 bits per heavy atom. The minimum Gasteiger partial charge on any atom is -0.478 e. The molecule has 1 heterocycles. The molecule has 6 nitrogen and oxygen atoms in total. The van der Waals surface area contributed by atoms with E-state index in [2.05, 4.69) is 114 Å². The molecule has 0 aliphatic heterocycles. The monoisotopic (exact) mass is 746 g/mol. The first-order valence-corrected chi connectivity index (χ1v) is 21.1. The Hall–Kier alpha value is -3.80. The second kappa shape index (κ2) is 14.0. The number of nitrogens with one attached hydrogen (secondary N) is 1. The molecule has 1 aromatic carbocycles. The number of carboxylic acid groups (broad SMARTS) is 1. The maximum atomic E-state index is 14.2. The van der Waals surface area contributed by atoms with E-state index in [0.29, 0.717) is 36.1 Å². The Morgan fingerprint density at radius 1 is 0.945 bits per heavy atom. The first-order valence-electron chi connectivity index (χ1n) is 21.1. The van der Waals surface area contributed by atoms with Gasteiger partial charge in [-0.3, -0.25) is 0 Å². The van der Waals surface area contributed by atoms with Gasteiger partial charge in [0.15, 0.2) is 0 Å². The highest BCUT2D eigenvalue weighted by atomic mass is 16.4. The number of carbonyl (C=O) groups excluding carboxylic acids is 1. The van der Waals surface area contributed by atoms with Crippen molar-refractivity contribution in [2.24, 2.45) is 51.2 Å². The van der Waals surface area contributed by atoms with Crippen molar-refractivity contribution in [2.45, 2.75) is 118 Å². The smallest absolute Gasteiger partial charge is 0.335 e.